The van der Waals surface area contributed by atoms with Gasteiger partial charge in [0.2, 0.25) is 0 Å². The number of nitrogens with one attached hydrogen (secondary N) is 2. The highest BCUT2D eigenvalue weighted by Crippen LogP contribution is 2.48. The molecule has 2 fully saturated rings. The maximum Gasteiger partial charge on any atom is 0.191 e. The topological polar surface area (TPSA) is 52.6 Å². The molecule has 1 aliphatic heterocycles. The molecule has 0 bridgehead atoms. The Bertz CT molecular complexity index is 848. The molecule has 2 N–H and O–H groups in total. The van der Waals surface area contributed by atoms with Crippen LogP contribution in [0.5, 0.6) is 0 Å². The van der Waals surface area contributed by atoms with Crippen LogP contribution in [0.4, 0.5) is 0 Å². The zero-order valence-electron chi connectivity index (χ0n) is 18.2. The highest BCUT2D eigenvalue weighted by atomic mass is 127. The number of aliphatic imine (C=N–C) groups is 1. The zero-order valence-corrected chi connectivity index (χ0v) is 21.3. The number of benzene rings is 1. The third-order valence-corrected chi connectivity index (χ3v) is 6.45. The molecule has 1 aromatic carbocycles. The van der Waals surface area contributed by atoms with Gasteiger partial charge in [0.25, 0.3) is 0 Å². The van der Waals surface area contributed by atoms with Crippen molar-refractivity contribution in [2.45, 2.75) is 50.6 Å². The van der Waals surface area contributed by atoms with Crippen molar-refractivity contribution in [2.75, 3.05) is 26.2 Å². The lowest BCUT2D eigenvalue weighted by molar-refractivity contribution is 0.196. The number of halogens is 2. The first-order valence-electron chi connectivity index (χ1n) is 11.1. The third-order valence-electron chi connectivity index (χ3n) is 6.21. The van der Waals surface area contributed by atoms with E-state index in [4.69, 9.17) is 16.6 Å². The predicted octanol–water partition coefficient (Wildman–Crippen LogP) is 4.60. The van der Waals surface area contributed by atoms with Gasteiger partial charge in [-0.15, -0.1) is 24.0 Å². The van der Waals surface area contributed by atoms with Crippen LogP contribution in [-0.4, -0.2) is 48.1 Å². The van der Waals surface area contributed by atoms with Gasteiger partial charge in [0.15, 0.2) is 5.96 Å². The summed E-state index contributed by atoms with van der Waals surface area (Å²) in [6.07, 6.45) is 6.48. The molecular weight excluding hydrogens is 521 g/mol. The van der Waals surface area contributed by atoms with Gasteiger partial charge < -0.3 is 10.6 Å². The summed E-state index contributed by atoms with van der Waals surface area (Å²) in [5.41, 5.74) is 2.63. The van der Waals surface area contributed by atoms with E-state index in [9.17, 15) is 0 Å². The molecule has 4 rings (SSSR count). The maximum atomic E-state index is 6.21. The van der Waals surface area contributed by atoms with Gasteiger partial charge in [0.1, 0.15) is 0 Å². The second-order valence-corrected chi connectivity index (χ2v) is 8.94. The second-order valence-electron chi connectivity index (χ2n) is 8.50. The first-order valence-corrected chi connectivity index (χ1v) is 11.5. The van der Waals surface area contributed by atoms with Crippen molar-refractivity contribution in [3.05, 3.63) is 64.9 Å². The van der Waals surface area contributed by atoms with Gasteiger partial charge in [-0.2, -0.15) is 0 Å². The molecule has 1 saturated carbocycles. The molecule has 0 amide bonds. The molecule has 7 heteroatoms. The van der Waals surface area contributed by atoms with Crippen molar-refractivity contribution in [3.8, 4) is 0 Å². The quantitative estimate of drug-likeness (QED) is 0.299. The van der Waals surface area contributed by atoms with E-state index in [0.29, 0.717) is 6.04 Å². The van der Waals surface area contributed by atoms with Crippen LogP contribution in [0, 0.1) is 0 Å². The largest absolute Gasteiger partial charge is 0.357 e. The van der Waals surface area contributed by atoms with E-state index < -0.39 is 0 Å². The van der Waals surface area contributed by atoms with Crippen LogP contribution >= 0.6 is 35.6 Å². The third kappa shape index (κ3) is 6.80. The normalized spacial score (nSPS) is 18.8. The first kappa shape index (κ1) is 24.3. The van der Waals surface area contributed by atoms with E-state index in [1.54, 1.807) is 0 Å². The van der Waals surface area contributed by atoms with E-state index in [2.05, 4.69) is 51.7 Å². The molecular formula is C24H33ClIN5. The Labute approximate surface area is 208 Å². The fourth-order valence-corrected chi connectivity index (χ4v) is 4.40. The van der Waals surface area contributed by atoms with Crippen LogP contribution in [0.3, 0.4) is 0 Å². The smallest absolute Gasteiger partial charge is 0.191 e. The number of rotatable bonds is 7. The summed E-state index contributed by atoms with van der Waals surface area (Å²) in [7, 11) is 0. The SMILES string of the molecule is CCNC(=NCC1(c2cccc(Cl)c2)CC1)NC1CCN(Cc2ccccn2)CC1.I. The highest BCUT2D eigenvalue weighted by molar-refractivity contribution is 14.0. The molecule has 0 unspecified atom stereocenters. The van der Waals surface area contributed by atoms with Gasteiger partial charge in [0, 0.05) is 48.9 Å². The molecule has 2 heterocycles. The van der Waals surface area contributed by atoms with E-state index >= 15 is 0 Å². The summed E-state index contributed by atoms with van der Waals surface area (Å²) < 4.78 is 0. The van der Waals surface area contributed by atoms with E-state index in [-0.39, 0.29) is 29.4 Å². The predicted molar refractivity (Wildman–Crippen MR) is 139 cm³/mol. The van der Waals surface area contributed by atoms with Gasteiger partial charge >= 0.3 is 0 Å². The van der Waals surface area contributed by atoms with Crippen molar-refractivity contribution < 1.29 is 0 Å². The first-order chi connectivity index (χ1) is 14.7. The molecule has 31 heavy (non-hydrogen) atoms. The van der Waals surface area contributed by atoms with Gasteiger partial charge in [-0.3, -0.25) is 14.9 Å². The van der Waals surface area contributed by atoms with Crippen molar-refractivity contribution in [1.29, 1.82) is 0 Å². The summed E-state index contributed by atoms with van der Waals surface area (Å²) in [5, 5.41) is 7.92. The Morgan fingerprint density at radius 1 is 1.19 bits per heavy atom. The van der Waals surface area contributed by atoms with Crippen LogP contribution in [0.15, 0.2) is 53.7 Å². The Balaban J connectivity index is 0.00000272. The monoisotopic (exact) mass is 553 g/mol. The summed E-state index contributed by atoms with van der Waals surface area (Å²) in [4.78, 5) is 11.9. The minimum Gasteiger partial charge on any atom is -0.357 e. The van der Waals surface area contributed by atoms with E-state index in [1.807, 2.05) is 24.4 Å². The maximum absolute atomic E-state index is 6.21. The van der Waals surface area contributed by atoms with Crippen LogP contribution in [0.1, 0.15) is 43.9 Å². The molecule has 5 nitrogen and oxygen atoms in total. The highest BCUT2D eigenvalue weighted by Gasteiger charge is 2.44. The van der Waals surface area contributed by atoms with E-state index in [1.165, 1.54) is 18.4 Å². The summed E-state index contributed by atoms with van der Waals surface area (Å²) in [5.74, 6) is 0.939. The van der Waals surface area contributed by atoms with Crippen molar-refractivity contribution in [2.24, 2.45) is 4.99 Å². The minimum absolute atomic E-state index is 0. The lowest BCUT2D eigenvalue weighted by atomic mass is 9.96. The van der Waals surface area contributed by atoms with Gasteiger partial charge in [-0.1, -0.05) is 29.8 Å². The van der Waals surface area contributed by atoms with Crippen molar-refractivity contribution in [1.82, 2.24) is 20.5 Å². The summed E-state index contributed by atoms with van der Waals surface area (Å²) in [6.45, 7) is 6.90. The minimum atomic E-state index is 0. The molecule has 1 aliphatic carbocycles. The molecule has 2 aromatic rings. The number of pyridine rings is 1. The van der Waals surface area contributed by atoms with Crippen LogP contribution in [0.25, 0.3) is 0 Å². The Kier molecular flexibility index (Phi) is 8.98. The number of likely N-dealkylation sites (tertiary alicyclic amines) is 1. The van der Waals surface area contributed by atoms with Crippen LogP contribution in [-0.2, 0) is 12.0 Å². The molecule has 168 valence electrons. The van der Waals surface area contributed by atoms with Gasteiger partial charge in [-0.05, 0) is 62.4 Å². The standard InChI is InChI=1S/C24H32ClN5.HI/c1-2-26-23(28-18-24(11-12-24)19-6-5-7-20(25)16-19)29-21-9-14-30(15-10-21)17-22-8-3-4-13-27-22;/h3-8,13,16,21H,2,9-12,14-15,17-18H2,1H3,(H2,26,28,29);1H. The number of guanidine groups is 1. The Morgan fingerprint density at radius 3 is 2.65 bits per heavy atom. The number of piperidine rings is 1. The fraction of sp³-hybridized carbons (Fsp3) is 0.500. The molecule has 0 radical (unpaired) electrons. The summed E-state index contributed by atoms with van der Waals surface area (Å²) in [6, 6.07) is 14.9. The number of hydrogen-bond acceptors (Lipinski definition) is 3. The Hall–Kier alpha value is -1.38. The Morgan fingerprint density at radius 2 is 2.00 bits per heavy atom. The van der Waals surface area contributed by atoms with Crippen LogP contribution < -0.4 is 10.6 Å². The van der Waals surface area contributed by atoms with Crippen molar-refractivity contribution in [3.63, 3.8) is 0 Å². The average molecular weight is 554 g/mol. The molecule has 1 aromatic heterocycles. The fourth-order valence-electron chi connectivity index (χ4n) is 4.21. The molecule has 2 aliphatic rings. The van der Waals surface area contributed by atoms with E-state index in [0.717, 1.165) is 62.2 Å². The number of nitrogens with zero attached hydrogens (tertiary/aromatic N) is 3. The lowest BCUT2D eigenvalue weighted by Crippen LogP contribution is -2.48. The van der Waals surface area contributed by atoms with Gasteiger partial charge in [0.05, 0.1) is 12.2 Å². The molecule has 0 spiro atoms. The molecule has 1 saturated heterocycles. The summed E-state index contributed by atoms with van der Waals surface area (Å²) >= 11 is 6.21. The average Bonchev–Trinajstić information content (AvgIpc) is 3.56. The molecule has 0 atom stereocenters. The lowest BCUT2D eigenvalue weighted by Gasteiger charge is -2.33. The van der Waals surface area contributed by atoms with Gasteiger partial charge in [-0.25, -0.2) is 0 Å². The van der Waals surface area contributed by atoms with Crippen molar-refractivity contribution >= 4 is 41.5 Å². The number of hydrogen-bond donors (Lipinski definition) is 2. The second kappa shape index (κ2) is 11.5. The zero-order chi connectivity index (χ0) is 20.8. The number of aromatic nitrogens is 1. The van der Waals surface area contributed by atoms with Crippen LogP contribution in [0.2, 0.25) is 5.02 Å².